The molecule has 0 saturated heterocycles. The van der Waals surface area contributed by atoms with Gasteiger partial charge in [0.15, 0.2) is 6.61 Å². The first-order valence-electron chi connectivity index (χ1n) is 10.5. The average Bonchev–Trinajstić information content (AvgIpc) is 3.24. The average molecular weight is 461 g/mol. The highest BCUT2D eigenvalue weighted by Gasteiger charge is 2.14. The van der Waals surface area contributed by atoms with Crippen LogP contribution in [0.3, 0.4) is 0 Å². The van der Waals surface area contributed by atoms with Gasteiger partial charge in [0, 0.05) is 10.6 Å². The van der Waals surface area contributed by atoms with Crippen LogP contribution in [0.5, 0.6) is 5.88 Å². The second-order valence-electron chi connectivity index (χ2n) is 7.76. The second-order valence-corrected chi connectivity index (χ2v) is 8.79. The Morgan fingerprint density at radius 3 is 2.42 bits per heavy atom. The van der Waals surface area contributed by atoms with Gasteiger partial charge in [0.2, 0.25) is 11.8 Å². The van der Waals surface area contributed by atoms with Crippen molar-refractivity contribution in [2.45, 2.75) is 20.8 Å². The van der Waals surface area contributed by atoms with Crippen molar-refractivity contribution in [1.82, 2.24) is 15.3 Å². The predicted molar refractivity (Wildman–Crippen MR) is 131 cm³/mol. The van der Waals surface area contributed by atoms with E-state index >= 15 is 0 Å². The number of amides is 2. The molecule has 2 N–H and O–H groups in total. The molecule has 2 aromatic carbocycles. The third kappa shape index (κ3) is 5.35. The lowest BCUT2D eigenvalue weighted by molar-refractivity contribution is -0.125. The monoisotopic (exact) mass is 460 g/mol. The maximum atomic E-state index is 12.3. The lowest BCUT2D eigenvalue weighted by Crippen LogP contribution is -2.36. The Kier molecular flexibility index (Phi) is 6.65. The molecule has 0 atom stereocenters. The summed E-state index contributed by atoms with van der Waals surface area (Å²) < 4.78 is 5.64. The lowest BCUT2D eigenvalue weighted by atomic mass is 10.1. The summed E-state index contributed by atoms with van der Waals surface area (Å²) in [6.45, 7) is 5.50. The molecule has 0 saturated carbocycles. The van der Waals surface area contributed by atoms with Gasteiger partial charge in [-0.3, -0.25) is 9.59 Å². The van der Waals surface area contributed by atoms with Gasteiger partial charge in [-0.1, -0.05) is 48.0 Å². The van der Waals surface area contributed by atoms with Crippen molar-refractivity contribution in [3.63, 3.8) is 0 Å². The number of ether oxygens (including phenoxy) is 1. The number of anilines is 1. The third-order valence-corrected chi connectivity index (χ3v) is 6.17. The molecular weight excluding hydrogens is 436 g/mol. The zero-order valence-electron chi connectivity index (χ0n) is 18.6. The molecular formula is C25H24N4O3S. The third-order valence-electron chi connectivity index (χ3n) is 5.08. The van der Waals surface area contributed by atoms with E-state index in [1.54, 1.807) is 0 Å². The SMILES string of the molecule is Cc1cc(C)c(NC(=O)CNC(=O)COc2ncnc3sc(-c4ccccc4)cc23)c(C)c1. The number of hydrogen-bond donors (Lipinski definition) is 2. The molecule has 0 aliphatic heterocycles. The number of aromatic nitrogens is 2. The molecule has 0 unspecified atom stereocenters. The van der Waals surface area contributed by atoms with Crippen LogP contribution in [0.25, 0.3) is 20.7 Å². The Morgan fingerprint density at radius 1 is 0.970 bits per heavy atom. The van der Waals surface area contributed by atoms with E-state index in [2.05, 4.69) is 20.6 Å². The van der Waals surface area contributed by atoms with Crippen molar-refractivity contribution >= 4 is 39.1 Å². The van der Waals surface area contributed by atoms with Crippen molar-refractivity contribution in [2.75, 3.05) is 18.5 Å². The van der Waals surface area contributed by atoms with Crippen molar-refractivity contribution in [1.29, 1.82) is 0 Å². The van der Waals surface area contributed by atoms with Gasteiger partial charge in [-0.05, 0) is 43.5 Å². The number of carbonyl (C=O) groups is 2. The minimum atomic E-state index is -0.409. The molecule has 0 aliphatic carbocycles. The van der Waals surface area contributed by atoms with Crippen LogP contribution in [0.15, 0.2) is 54.9 Å². The molecule has 7 nitrogen and oxygen atoms in total. The Bertz CT molecular complexity index is 1290. The molecule has 2 amide bonds. The standard InChI is InChI=1S/C25H24N4O3S/c1-15-9-16(2)23(17(3)10-15)29-21(30)12-26-22(31)13-32-24-19-11-20(18-7-5-4-6-8-18)33-25(19)28-14-27-24/h4-11,14H,12-13H2,1-3H3,(H,26,31)(H,29,30). The van der Waals surface area contributed by atoms with Crippen molar-refractivity contribution in [3.05, 3.63) is 71.5 Å². The Balaban J connectivity index is 1.34. The van der Waals surface area contributed by atoms with E-state index in [1.807, 2.05) is 69.3 Å². The number of rotatable bonds is 7. The Labute approximate surface area is 195 Å². The molecule has 0 bridgehead atoms. The molecule has 0 radical (unpaired) electrons. The molecule has 0 fully saturated rings. The minimum Gasteiger partial charge on any atom is -0.467 e. The number of nitrogens with zero attached hydrogens (tertiary/aromatic N) is 2. The Hall–Kier alpha value is -3.78. The molecule has 0 aliphatic rings. The van der Waals surface area contributed by atoms with E-state index < -0.39 is 5.91 Å². The maximum Gasteiger partial charge on any atom is 0.258 e. The summed E-state index contributed by atoms with van der Waals surface area (Å²) in [4.78, 5) is 34.9. The van der Waals surface area contributed by atoms with Crippen LogP contribution in [0.1, 0.15) is 16.7 Å². The summed E-state index contributed by atoms with van der Waals surface area (Å²) in [6.07, 6.45) is 1.42. The smallest absolute Gasteiger partial charge is 0.258 e. The number of fused-ring (bicyclic) bond motifs is 1. The second kappa shape index (κ2) is 9.79. The zero-order chi connectivity index (χ0) is 23.4. The van der Waals surface area contributed by atoms with Crippen LogP contribution in [0, 0.1) is 20.8 Å². The number of thiophene rings is 1. The van der Waals surface area contributed by atoms with Crippen LogP contribution in [-0.4, -0.2) is 34.9 Å². The number of benzene rings is 2. The fourth-order valence-corrected chi connectivity index (χ4v) is 4.61. The minimum absolute atomic E-state index is 0.148. The summed E-state index contributed by atoms with van der Waals surface area (Å²) in [7, 11) is 0. The first kappa shape index (κ1) is 22.4. The molecule has 2 heterocycles. The normalized spacial score (nSPS) is 10.8. The molecule has 4 aromatic rings. The van der Waals surface area contributed by atoms with E-state index in [1.165, 1.54) is 17.7 Å². The largest absolute Gasteiger partial charge is 0.467 e. The highest BCUT2D eigenvalue weighted by molar-refractivity contribution is 7.21. The predicted octanol–water partition coefficient (Wildman–Crippen LogP) is 4.42. The summed E-state index contributed by atoms with van der Waals surface area (Å²) in [5.74, 6) is -0.370. The number of hydrogen-bond acceptors (Lipinski definition) is 6. The van der Waals surface area contributed by atoms with Crippen LogP contribution < -0.4 is 15.4 Å². The lowest BCUT2D eigenvalue weighted by Gasteiger charge is -2.13. The first-order chi connectivity index (χ1) is 15.9. The van der Waals surface area contributed by atoms with Crippen molar-refractivity contribution < 1.29 is 14.3 Å². The molecule has 4 rings (SSSR count). The molecule has 168 valence electrons. The van der Waals surface area contributed by atoms with Gasteiger partial charge >= 0.3 is 0 Å². The summed E-state index contributed by atoms with van der Waals surface area (Å²) in [6, 6.07) is 15.9. The fourth-order valence-electron chi connectivity index (χ4n) is 3.62. The van der Waals surface area contributed by atoms with Crippen molar-refractivity contribution in [2.24, 2.45) is 0 Å². The molecule has 8 heteroatoms. The Morgan fingerprint density at radius 2 is 1.70 bits per heavy atom. The van der Waals surface area contributed by atoms with E-state index in [-0.39, 0.29) is 19.1 Å². The highest BCUT2D eigenvalue weighted by atomic mass is 32.1. The van der Waals surface area contributed by atoms with Gasteiger partial charge in [-0.25, -0.2) is 9.97 Å². The highest BCUT2D eigenvalue weighted by Crippen LogP contribution is 2.35. The van der Waals surface area contributed by atoms with Gasteiger partial charge in [-0.2, -0.15) is 0 Å². The van der Waals surface area contributed by atoms with Crippen LogP contribution in [-0.2, 0) is 9.59 Å². The van der Waals surface area contributed by atoms with Gasteiger partial charge in [-0.15, -0.1) is 11.3 Å². The van der Waals surface area contributed by atoms with E-state index in [4.69, 9.17) is 4.74 Å². The van der Waals surface area contributed by atoms with Crippen LogP contribution >= 0.6 is 11.3 Å². The number of aryl methyl sites for hydroxylation is 3. The van der Waals surface area contributed by atoms with Gasteiger partial charge in [0.1, 0.15) is 11.2 Å². The topological polar surface area (TPSA) is 93.2 Å². The number of nitrogens with one attached hydrogen (secondary N) is 2. The molecule has 2 aromatic heterocycles. The van der Waals surface area contributed by atoms with E-state index in [9.17, 15) is 9.59 Å². The van der Waals surface area contributed by atoms with Crippen LogP contribution in [0.2, 0.25) is 0 Å². The molecule has 0 spiro atoms. The quantitative estimate of drug-likeness (QED) is 0.426. The van der Waals surface area contributed by atoms with Gasteiger partial charge in [0.05, 0.1) is 11.9 Å². The van der Waals surface area contributed by atoms with Gasteiger partial charge in [0.25, 0.3) is 5.91 Å². The maximum absolute atomic E-state index is 12.3. The molecule has 33 heavy (non-hydrogen) atoms. The fraction of sp³-hybridized carbons (Fsp3) is 0.200. The van der Waals surface area contributed by atoms with Crippen molar-refractivity contribution in [3.8, 4) is 16.3 Å². The first-order valence-corrected chi connectivity index (χ1v) is 11.3. The number of carbonyl (C=O) groups excluding carboxylic acids is 2. The van der Waals surface area contributed by atoms with E-state index in [0.717, 1.165) is 43.0 Å². The van der Waals surface area contributed by atoms with E-state index in [0.29, 0.717) is 5.88 Å². The summed E-state index contributed by atoms with van der Waals surface area (Å²) in [5.41, 5.74) is 4.94. The van der Waals surface area contributed by atoms with Gasteiger partial charge < -0.3 is 15.4 Å². The summed E-state index contributed by atoms with van der Waals surface area (Å²) >= 11 is 1.53. The summed E-state index contributed by atoms with van der Waals surface area (Å²) in [5, 5.41) is 6.20. The zero-order valence-corrected chi connectivity index (χ0v) is 19.5. The van der Waals surface area contributed by atoms with Crippen LogP contribution in [0.4, 0.5) is 5.69 Å².